The maximum absolute atomic E-state index is 11.9. The first-order chi connectivity index (χ1) is 11.8. The van der Waals surface area contributed by atoms with Gasteiger partial charge in [0.15, 0.2) is 0 Å². The molecule has 1 aromatic heterocycles. The van der Waals surface area contributed by atoms with Crippen molar-refractivity contribution in [3.63, 3.8) is 0 Å². The number of hydrogen-bond acceptors (Lipinski definition) is 5. The molecule has 7 nitrogen and oxygen atoms in total. The maximum Gasteiger partial charge on any atom is 0.306 e. The second kappa shape index (κ2) is 8.24. The molecule has 0 fully saturated rings. The summed E-state index contributed by atoms with van der Waals surface area (Å²) in [5.41, 5.74) is 1.35. The number of thiophene rings is 1. The minimum absolute atomic E-state index is 0.150. The number of amides is 1. The van der Waals surface area contributed by atoms with Crippen molar-refractivity contribution < 1.29 is 23.1 Å². The van der Waals surface area contributed by atoms with Crippen LogP contribution in [0.4, 0.5) is 5.69 Å². The Bertz CT molecular complexity index is 830. The van der Waals surface area contributed by atoms with Crippen LogP contribution in [-0.4, -0.2) is 31.9 Å². The number of carboxylic acid groups (broad SMARTS) is 1. The Kier molecular flexibility index (Phi) is 6.29. The molecule has 0 bridgehead atoms. The van der Waals surface area contributed by atoms with Crippen LogP contribution >= 0.6 is 11.3 Å². The number of nitrogens with one attached hydrogen (secondary N) is 2. The van der Waals surface area contributed by atoms with E-state index in [4.69, 9.17) is 5.11 Å². The number of aliphatic carboxylic acids is 1. The molecule has 0 saturated carbocycles. The smallest absolute Gasteiger partial charge is 0.306 e. The number of rotatable bonds is 8. The number of anilines is 1. The molecule has 25 heavy (non-hydrogen) atoms. The number of carbonyl (C=O) groups excluding carboxylic acids is 1. The summed E-state index contributed by atoms with van der Waals surface area (Å²) in [4.78, 5) is 22.7. The average Bonchev–Trinajstić information content (AvgIpc) is 3.10. The van der Waals surface area contributed by atoms with E-state index < -0.39 is 27.8 Å². The number of benzene rings is 1. The van der Waals surface area contributed by atoms with E-state index in [0.717, 1.165) is 16.9 Å². The van der Waals surface area contributed by atoms with E-state index in [0.29, 0.717) is 12.1 Å². The highest BCUT2D eigenvalue weighted by Gasteiger charge is 2.16. The van der Waals surface area contributed by atoms with E-state index in [1.165, 1.54) is 6.07 Å². The van der Waals surface area contributed by atoms with Crippen LogP contribution in [-0.2, 0) is 26.0 Å². The third-order valence-corrected chi connectivity index (χ3v) is 6.18. The molecule has 0 saturated heterocycles. The van der Waals surface area contributed by atoms with Crippen molar-refractivity contribution in [3.8, 4) is 0 Å². The quantitative estimate of drug-likeness (QED) is 0.646. The van der Waals surface area contributed by atoms with E-state index in [1.54, 1.807) is 42.6 Å². The van der Waals surface area contributed by atoms with Gasteiger partial charge in [-0.3, -0.25) is 9.59 Å². The van der Waals surface area contributed by atoms with Gasteiger partial charge in [-0.25, -0.2) is 13.1 Å². The van der Waals surface area contributed by atoms with Crippen LogP contribution in [0, 0.1) is 5.92 Å². The largest absolute Gasteiger partial charge is 0.481 e. The van der Waals surface area contributed by atoms with Crippen LogP contribution < -0.4 is 10.0 Å². The summed E-state index contributed by atoms with van der Waals surface area (Å²) in [6.07, 6.45) is 0.393. The molecule has 1 heterocycles. The molecule has 3 N–H and O–H groups in total. The second-order valence-corrected chi connectivity index (χ2v) is 8.39. The molecular formula is C16H18N2O5S2. The highest BCUT2D eigenvalue weighted by molar-refractivity contribution is 7.91. The molecular weight excluding hydrogens is 364 g/mol. The molecule has 2 aromatic rings. The Morgan fingerprint density at radius 2 is 1.88 bits per heavy atom. The van der Waals surface area contributed by atoms with Gasteiger partial charge in [-0.1, -0.05) is 25.1 Å². The number of carbonyl (C=O) groups is 2. The van der Waals surface area contributed by atoms with Gasteiger partial charge >= 0.3 is 5.97 Å². The van der Waals surface area contributed by atoms with Crippen molar-refractivity contribution in [2.75, 3.05) is 11.9 Å². The Morgan fingerprint density at radius 1 is 1.20 bits per heavy atom. The lowest BCUT2D eigenvalue weighted by molar-refractivity contribution is -0.141. The SMILES string of the molecule is CC(Cc1ccc(NC(=O)CNS(=O)(=O)c2cccs2)cc1)C(=O)O. The van der Waals surface area contributed by atoms with E-state index in [1.807, 2.05) is 0 Å². The summed E-state index contributed by atoms with van der Waals surface area (Å²) in [7, 11) is -3.68. The van der Waals surface area contributed by atoms with Crippen molar-refractivity contribution in [3.05, 3.63) is 47.3 Å². The van der Waals surface area contributed by atoms with Crippen LogP contribution in [0.3, 0.4) is 0 Å². The van der Waals surface area contributed by atoms with Crippen LogP contribution in [0.15, 0.2) is 46.0 Å². The predicted octanol–water partition coefficient (Wildman–Crippen LogP) is 1.93. The molecule has 0 aliphatic rings. The second-order valence-electron chi connectivity index (χ2n) is 5.45. The number of sulfonamides is 1. The molecule has 1 aromatic carbocycles. The van der Waals surface area contributed by atoms with Gasteiger partial charge in [0.2, 0.25) is 5.91 Å². The zero-order chi connectivity index (χ0) is 18.4. The molecule has 134 valence electrons. The van der Waals surface area contributed by atoms with E-state index >= 15 is 0 Å². The van der Waals surface area contributed by atoms with Gasteiger partial charge < -0.3 is 10.4 Å². The third-order valence-electron chi connectivity index (χ3n) is 3.38. The topological polar surface area (TPSA) is 113 Å². The first-order valence-electron chi connectivity index (χ1n) is 7.42. The van der Waals surface area contributed by atoms with Crippen molar-refractivity contribution in [2.24, 2.45) is 5.92 Å². The van der Waals surface area contributed by atoms with Crippen LogP contribution in [0.1, 0.15) is 12.5 Å². The maximum atomic E-state index is 11.9. The lowest BCUT2D eigenvalue weighted by Gasteiger charge is -2.09. The summed E-state index contributed by atoms with van der Waals surface area (Å²) in [5, 5.41) is 13.1. The van der Waals surface area contributed by atoms with E-state index in [-0.39, 0.29) is 10.8 Å². The van der Waals surface area contributed by atoms with Gasteiger partial charge in [0, 0.05) is 5.69 Å². The van der Waals surface area contributed by atoms with Gasteiger partial charge in [-0.05, 0) is 35.6 Å². The van der Waals surface area contributed by atoms with Gasteiger partial charge in [0.05, 0.1) is 12.5 Å². The molecule has 0 aliphatic heterocycles. The van der Waals surface area contributed by atoms with Crippen molar-refractivity contribution in [1.29, 1.82) is 0 Å². The Morgan fingerprint density at radius 3 is 2.44 bits per heavy atom. The molecule has 2 rings (SSSR count). The standard InChI is InChI=1S/C16H18N2O5S2/c1-11(16(20)21)9-12-4-6-13(7-5-12)18-14(19)10-17-25(22,23)15-3-2-8-24-15/h2-8,11,17H,9-10H2,1H3,(H,18,19)(H,20,21). The van der Waals surface area contributed by atoms with Crippen molar-refractivity contribution in [1.82, 2.24) is 4.72 Å². The monoisotopic (exact) mass is 382 g/mol. The lowest BCUT2D eigenvalue weighted by atomic mass is 10.0. The fourth-order valence-electron chi connectivity index (χ4n) is 2.02. The summed E-state index contributed by atoms with van der Waals surface area (Å²) in [6, 6.07) is 9.83. The van der Waals surface area contributed by atoms with E-state index in [2.05, 4.69) is 10.0 Å². The van der Waals surface area contributed by atoms with Gasteiger partial charge in [-0.2, -0.15) is 0 Å². The Balaban J connectivity index is 1.87. The molecule has 1 unspecified atom stereocenters. The first-order valence-corrected chi connectivity index (χ1v) is 9.79. The zero-order valence-corrected chi connectivity index (χ0v) is 15.1. The molecule has 0 aliphatic carbocycles. The minimum atomic E-state index is -3.68. The molecule has 0 spiro atoms. The normalized spacial score (nSPS) is 12.5. The molecule has 1 atom stereocenters. The summed E-state index contributed by atoms with van der Waals surface area (Å²) >= 11 is 1.07. The summed E-state index contributed by atoms with van der Waals surface area (Å²) in [5.74, 6) is -1.85. The summed E-state index contributed by atoms with van der Waals surface area (Å²) in [6.45, 7) is 1.25. The zero-order valence-electron chi connectivity index (χ0n) is 13.4. The highest BCUT2D eigenvalue weighted by atomic mass is 32.2. The highest BCUT2D eigenvalue weighted by Crippen LogP contribution is 2.15. The van der Waals surface area contributed by atoms with E-state index in [9.17, 15) is 18.0 Å². The molecule has 0 radical (unpaired) electrons. The average molecular weight is 382 g/mol. The third kappa shape index (κ3) is 5.66. The number of carboxylic acids is 1. The van der Waals surface area contributed by atoms with Crippen LogP contribution in [0.25, 0.3) is 0 Å². The Labute approximate surface area is 149 Å². The van der Waals surface area contributed by atoms with Crippen LogP contribution in [0.5, 0.6) is 0 Å². The Hall–Kier alpha value is -2.23. The molecule has 9 heteroatoms. The van der Waals surface area contributed by atoms with Gasteiger partial charge in [0.25, 0.3) is 10.0 Å². The van der Waals surface area contributed by atoms with Crippen molar-refractivity contribution in [2.45, 2.75) is 17.6 Å². The van der Waals surface area contributed by atoms with Crippen LogP contribution in [0.2, 0.25) is 0 Å². The minimum Gasteiger partial charge on any atom is -0.481 e. The van der Waals surface area contributed by atoms with Gasteiger partial charge in [0.1, 0.15) is 4.21 Å². The fraction of sp³-hybridized carbons (Fsp3) is 0.250. The van der Waals surface area contributed by atoms with Gasteiger partial charge in [-0.15, -0.1) is 11.3 Å². The number of hydrogen-bond donors (Lipinski definition) is 3. The first kappa shape index (κ1) is 19.1. The summed E-state index contributed by atoms with van der Waals surface area (Å²) < 4.78 is 26.2. The molecule has 1 amide bonds. The van der Waals surface area contributed by atoms with Crippen molar-refractivity contribution >= 4 is 38.9 Å². The fourth-order valence-corrected chi connectivity index (χ4v) is 4.04. The lowest BCUT2D eigenvalue weighted by Crippen LogP contribution is -2.32. The predicted molar refractivity (Wildman–Crippen MR) is 95.1 cm³/mol.